The zero-order valence-electron chi connectivity index (χ0n) is 11.6. The number of aliphatic hydroxyl groups is 2. The highest BCUT2D eigenvalue weighted by Gasteiger charge is 2.31. The summed E-state index contributed by atoms with van der Waals surface area (Å²) in [7, 11) is 0. The quantitative estimate of drug-likeness (QED) is 0.639. The summed E-state index contributed by atoms with van der Waals surface area (Å²) in [5, 5.41) is 22.9. The van der Waals surface area contributed by atoms with Crippen molar-refractivity contribution < 1.29 is 19.7 Å². The van der Waals surface area contributed by atoms with Crippen LogP contribution in [0.1, 0.15) is 12.0 Å². The van der Waals surface area contributed by atoms with Crippen LogP contribution in [-0.2, 0) is 16.1 Å². The Morgan fingerprint density at radius 1 is 1.35 bits per heavy atom. The molecule has 2 rings (SSSR count). The van der Waals surface area contributed by atoms with Crippen LogP contribution in [0.5, 0.6) is 0 Å². The molecule has 1 aliphatic heterocycles. The van der Waals surface area contributed by atoms with E-state index in [1.807, 2.05) is 30.3 Å². The highest BCUT2D eigenvalue weighted by Crippen LogP contribution is 2.16. The summed E-state index contributed by atoms with van der Waals surface area (Å²) in [6.45, 7) is 2.56. The van der Waals surface area contributed by atoms with Crippen LogP contribution in [0.15, 0.2) is 30.3 Å². The smallest absolute Gasteiger partial charge is 0.102 e. The number of rotatable bonds is 8. The second-order valence-electron chi connectivity index (χ2n) is 5.31. The van der Waals surface area contributed by atoms with Gasteiger partial charge in [0, 0.05) is 26.1 Å². The summed E-state index contributed by atoms with van der Waals surface area (Å²) >= 11 is 0. The fourth-order valence-corrected chi connectivity index (χ4v) is 2.15. The average molecular weight is 281 g/mol. The molecule has 0 bridgehead atoms. The van der Waals surface area contributed by atoms with E-state index in [0.717, 1.165) is 5.56 Å². The fourth-order valence-electron chi connectivity index (χ4n) is 2.15. The van der Waals surface area contributed by atoms with E-state index < -0.39 is 11.7 Å². The molecule has 0 aromatic heterocycles. The zero-order valence-corrected chi connectivity index (χ0v) is 11.6. The van der Waals surface area contributed by atoms with Gasteiger partial charge in [-0.15, -0.1) is 0 Å². The molecule has 0 aliphatic carbocycles. The third-order valence-corrected chi connectivity index (χ3v) is 3.34. The van der Waals surface area contributed by atoms with Crippen LogP contribution < -0.4 is 5.32 Å². The van der Waals surface area contributed by atoms with Gasteiger partial charge in [-0.2, -0.15) is 0 Å². The first-order valence-electron chi connectivity index (χ1n) is 6.99. The van der Waals surface area contributed by atoms with Gasteiger partial charge < -0.3 is 25.0 Å². The number of hydrogen-bond donors (Lipinski definition) is 3. The average Bonchev–Trinajstić information content (AvgIpc) is 2.87. The Morgan fingerprint density at radius 3 is 2.85 bits per heavy atom. The largest absolute Gasteiger partial charge is 0.389 e. The van der Waals surface area contributed by atoms with E-state index in [9.17, 15) is 10.2 Å². The molecule has 20 heavy (non-hydrogen) atoms. The van der Waals surface area contributed by atoms with Crippen molar-refractivity contribution in [2.75, 3.05) is 32.9 Å². The number of hydrogen-bond acceptors (Lipinski definition) is 5. The van der Waals surface area contributed by atoms with Gasteiger partial charge in [-0.1, -0.05) is 30.3 Å². The minimum absolute atomic E-state index is 0.275. The molecule has 2 atom stereocenters. The third-order valence-electron chi connectivity index (χ3n) is 3.34. The van der Waals surface area contributed by atoms with Gasteiger partial charge in [0.15, 0.2) is 0 Å². The summed E-state index contributed by atoms with van der Waals surface area (Å²) < 4.78 is 10.6. The molecular formula is C15H23NO4. The van der Waals surface area contributed by atoms with E-state index in [-0.39, 0.29) is 6.61 Å². The van der Waals surface area contributed by atoms with Gasteiger partial charge in [-0.05, 0) is 5.56 Å². The van der Waals surface area contributed by atoms with Gasteiger partial charge in [-0.3, -0.25) is 0 Å². The van der Waals surface area contributed by atoms with Gasteiger partial charge in [0.2, 0.25) is 0 Å². The Hall–Kier alpha value is -0.980. The lowest BCUT2D eigenvalue weighted by molar-refractivity contribution is 0.0113. The SMILES string of the molecule is OC(CNCC1(O)CCOC1)COCc1ccccc1. The molecule has 1 heterocycles. The van der Waals surface area contributed by atoms with Gasteiger partial charge in [-0.25, -0.2) is 0 Å². The van der Waals surface area contributed by atoms with Crippen molar-refractivity contribution >= 4 is 0 Å². The molecule has 3 N–H and O–H groups in total. The van der Waals surface area contributed by atoms with Crippen LogP contribution in [0.2, 0.25) is 0 Å². The van der Waals surface area contributed by atoms with Crippen LogP contribution >= 0.6 is 0 Å². The first kappa shape index (κ1) is 15.4. The Kier molecular flexibility index (Phi) is 5.94. The fraction of sp³-hybridized carbons (Fsp3) is 0.600. The van der Waals surface area contributed by atoms with E-state index in [1.165, 1.54) is 0 Å². The lowest BCUT2D eigenvalue weighted by Gasteiger charge is -2.21. The third kappa shape index (κ3) is 5.19. The second-order valence-corrected chi connectivity index (χ2v) is 5.31. The maximum atomic E-state index is 10.0. The zero-order chi connectivity index (χ0) is 14.3. The second kappa shape index (κ2) is 7.71. The summed E-state index contributed by atoms with van der Waals surface area (Å²) in [5.41, 5.74) is 0.301. The lowest BCUT2D eigenvalue weighted by atomic mass is 10.0. The molecule has 1 aliphatic rings. The van der Waals surface area contributed by atoms with Gasteiger partial charge in [0.25, 0.3) is 0 Å². The molecule has 2 unspecified atom stereocenters. The Labute approximate surface area is 119 Å². The molecule has 1 fully saturated rings. The number of aliphatic hydroxyl groups excluding tert-OH is 1. The van der Waals surface area contributed by atoms with E-state index in [4.69, 9.17) is 9.47 Å². The van der Waals surface area contributed by atoms with Crippen molar-refractivity contribution in [2.24, 2.45) is 0 Å². The van der Waals surface area contributed by atoms with Crippen molar-refractivity contribution in [1.82, 2.24) is 5.32 Å². The molecule has 5 heteroatoms. The topological polar surface area (TPSA) is 71.0 Å². The molecular weight excluding hydrogens is 258 g/mol. The number of benzene rings is 1. The first-order valence-corrected chi connectivity index (χ1v) is 6.99. The molecule has 112 valence electrons. The monoisotopic (exact) mass is 281 g/mol. The van der Waals surface area contributed by atoms with E-state index >= 15 is 0 Å². The number of nitrogens with one attached hydrogen (secondary N) is 1. The minimum Gasteiger partial charge on any atom is -0.389 e. The number of ether oxygens (including phenoxy) is 2. The summed E-state index contributed by atoms with van der Waals surface area (Å²) in [4.78, 5) is 0. The molecule has 0 saturated carbocycles. The Bertz CT molecular complexity index is 379. The minimum atomic E-state index is -0.787. The molecule has 1 saturated heterocycles. The summed E-state index contributed by atoms with van der Waals surface area (Å²) in [6, 6.07) is 9.85. The van der Waals surface area contributed by atoms with Crippen molar-refractivity contribution in [2.45, 2.75) is 24.7 Å². The maximum absolute atomic E-state index is 10.0. The predicted molar refractivity (Wildman–Crippen MR) is 75.4 cm³/mol. The van der Waals surface area contributed by atoms with E-state index in [0.29, 0.717) is 39.3 Å². The molecule has 1 aromatic rings. The Morgan fingerprint density at radius 2 is 2.15 bits per heavy atom. The Balaban J connectivity index is 1.55. The highest BCUT2D eigenvalue weighted by atomic mass is 16.5. The van der Waals surface area contributed by atoms with Crippen LogP contribution in [0.3, 0.4) is 0 Å². The highest BCUT2D eigenvalue weighted by molar-refractivity contribution is 5.13. The van der Waals surface area contributed by atoms with Crippen molar-refractivity contribution in [3.05, 3.63) is 35.9 Å². The molecule has 0 radical (unpaired) electrons. The van der Waals surface area contributed by atoms with Gasteiger partial charge in [0.05, 0.1) is 25.9 Å². The summed E-state index contributed by atoms with van der Waals surface area (Å²) in [6.07, 6.45) is 0.0604. The van der Waals surface area contributed by atoms with Crippen molar-refractivity contribution in [3.63, 3.8) is 0 Å². The van der Waals surface area contributed by atoms with Gasteiger partial charge >= 0.3 is 0 Å². The molecule has 0 amide bonds. The van der Waals surface area contributed by atoms with Crippen molar-refractivity contribution in [1.29, 1.82) is 0 Å². The molecule has 0 spiro atoms. The standard InChI is InChI=1S/C15H23NO4/c17-14(8-16-11-15(18)6-7-19-12-15)10-20-9-13-4-2-1-3-5-13/h1-5,14,16-18H,6-12H2. The van der Waals surface area contributed by atoms with Crippen LogP contribution in [0.4, 0.5) is 0 Å². The lowest BCUT2D eigenvalue weighted by Crippen LogP contribution is -2.44. The molecule has 5 nitrogen and oxygen atoms in total. The van der Waals surface area contributed by atoms with E-state index in [2.05, 4.69) is 5.32 Å². The van der Waals surface area contributed by atoms with Crippen molar-refractivity contribution in [3.8, 4) is 0 Å². The summed E-state index contributed by atoms with van der Waals surface area (Å²) in [5.74, 6) is 0. The maximum Gasteiger partial charge on any atom is 0.102 e. The van der Waals surface area contributed by atoms with Crippen LogP contribution in [0.25, 0.3) is 0 Å². The first-order chi connectivity index (χ1) is 9.68. The normalized spacial score (nSPS) is 23.9. The van der Waals surface area contributed by atoms with Crippen LogP contribution in [-0.4, -0.2) is 54.8 Å². The molecule has 1 aromatic carbocycles. The van der Waals surface area contributed by atoms with Crippen LogP contribution in [0, 0.1) is 0 Å². The van der Waals surface area contributed by atoms with Gasteiger partial charge in [0.1, 0.15) is 5.60 Å². The predicted octanol–water partition coefficient (Wildman–Crippen LogP) is 0.305. The van der Waals surface area contributed by atoms with E-state index in [1.54, 1.807) is 0 Å².